The minimum atomic E-state index is -0.301. The molecule has 0 bridgehead atoms. The zero-order valence-corrected chi connectivity index (χ0v) is 12.6. The lowest BCUT2D eigenvalue weighted by molar-refractivity contribution is -0.139. The quantitative estimate of drug-likeness (QED) is 0.207. The molecule has 0 atom stereocenters. The predicted octanol–water partition coefficient (Wildman–Crippen LogP) is 0.659. The molecule has 0 aliphatic rings. The molecule has 0 fully saturated rings. The number of hydrogen-bond donors (Lipinski definition) is 0. The molecule has 0 saturated heterocycles. The molecule has 0 N–H and O–H groups in total. The molecule has 0 aliphatic carbocycles. The minimum absolute atomic E-state index is 0.249. The van der Waals surface area contributed by atoms with Gasteiger partial charge in [-0.05, 0) is 13.3 Å². The summed E-state index contributed by atoms with van der Waals surface area (Å²) in [6.45, 7) is 2.26. The minimum Gasteiger partial charge on any atom is -0.462 e. The van der Waals surface area contributed by atoms with Crippen LogP contribution in [0.15, 0.2) is 11.6 Å². The summed E-state index contributed by atoms with van der Waals surface area (Å²) in [5.74, 6) is -0.249. The molecule has 0 saturated carbocycles. The molecule has 0 rings (SSSR count). The highest BCUT2D eigenvalue weighted by Gasteiger charge is 2.07. The molecule has 0 spiro atoms. The maximum atomic E-state index is 11.4. The molecule has 0 aromatic rings. The van der Waals surface area contributed by atoms with Crippen LogP contribution in [0.25, 0.3) is 0 Å². The van der Waals surface area contributed by atoms with Crippen molar-refractivity contribution in [2.45, 2.75) is 32.1 Å². The van der Waals surface area contributed by atoms with Crippen molar-refractivity contribution in [3.63, 3.8) is 0 Å². The number of hydrogen-bond acceptors (Lipinski definition) is 4. The van der Waals surface area contributed by atoms with Gasteiger partial charge in [-0.3, -0.25) is 0 Å². The first-order valence-corrected chi connectivity index (χ1v) is 6.96. The second kappa shape index (κ2) is 9.56. The Morgan fingerprint density at radius 2 is 2.00 bits per heavy atom. The first kappa shape index (κ1) is 15.3. The molecular formula is C11H22O4Si. The molecule has 0 aliphatic heterocycles. The zero-order valence-electron chi connectivity index (χ0n) is 10.6. The highest BCUT2D eigenvalue weighted by molar-refractivity contribution is 6.08. The Labute approximate surface area is 100 Å². The maximum absolute atomic E-state index is 11.4. The standard InChI is InChI=1S/C11H22O4Si/c1-9(5-6-10(13-2)14-3)11(12)15-7-4-8-16/h5,10H,4,6-8H2,1-3,16H3. The molecule has 0 unspecified atom stereocenters. The van der Waals surface area contributed by atoms with Gasteiger partial charge in [-0.25, -0.2) is 4.79 Å². The first-order chi connectivity index (χ1) is 7.65. The van der Waals surface area contributed by atoms with Gasteiger partial charge in [0.1, 0.15) is 0 Å². The lowest BCUT2D eigenvalue weighted by atomic mass is 10.2. The van der Waals surface area contributed by atoms with Gasteiger partial charge in [-0.1, -0.05) is 12.1 Å². The lowest BCUT2D eigenvalue weighted by Gasteiger charge is -2.11. The molecule has 5 heteroatoms. The smallest absolute Gasteiger partial charge is 0.333 e. The fraction of sp³-hybridized carbons (Fsp3) is 0.727. The summed E-state index contributed by atoms with van der Waals surface area (Å²) < 4.78 is 15.1. The topological polar surface area (TPSA) is 44.8 Å². The van der Waals surface area contributed by atoms with E-state index in [4.69, 9.17) is 14.2 Å². The van der Waals surface area contributed by atoms with Gasteiger partial charge in [0, 0.05) is 36.5 Å². The van der Waals surface area contributed by atoms with Gasteiger partial charge in [-0.15, -0.1) is 0 Å². The van der Waals surface area contributed by atoms with Crippen LogP contribution in [-0.2, 0) is 19.0 Å². The predicted molar refractivity (Wildman–Crippen MR) is 66.5 cm³/mol. The van der Waals surface area contributed by atoms with Crippen molar-refractivity contribution in [3.8, 4) is 0 Å². The first-order valence-electron chi connectivity index (χ1n) is 5.55. The van der Waals surface area contributed by atoms with Crippen LogP contribution in [0, 0.1) is 0 Å². The van der Waals surface area contributed by atoms with Crippen molar-refractivity contribution < 1.29 is 19.0 Å². The van der Waals surface area contributed by atoms with Gasteiger partial charge in [0.25, 0.3) is 0 Å². The Hall–Kier alpha value is -0.653. The summed E-state index contributed by atoms with van der Waals surface area (Å²) in [5, 5.41) is 0. The van der Waals surface area contributed by atoms with E-state index < -0.39 is 0 Å². The summed E-state index contributed by atoms with van der Waals surface area (Å²) in [4.78, 5) is 11.4. The highest BCUT2D eigenvalue weighted by Crippen LogP contribution is 2.05. The molecule has 0 heterocycles. The average molecular weight is 246 g/mol. The largest absolute Gasteiger partial charge is 0.462 e. The monoisotopic (exact) mass is 246 g/mol. The fourth-order valence-corrected chi connectivity index (χ4v) is 1.36. The molecule has 0 radical (unpaired) electrons. The third-order valence-electron chi connectivity index (χ3n) is 2.20. The van der Waals surface area contributed by atoms with E-state index in [0.29, 0.717) is 18.6 Å². The molecule has 0 aromatic carbocycles. The van der Waals surface area contributed by atoms with Gasteiger partial charge in [0.2, 0.25) is 0 Å². The zero-order chi connectivity index (χ0) is 12.4. The van der Waals surface area contributed by atoms with Crippen molar-refractivity contribution in [2.24, 2.45) is 0 Å². The second-order valence-corrected chi connectivity index (χ2v) is 4.51. The van der Waals surface area contributed by atoms with Crippen molar-refractivity contribution in [1.29, 1.82) is 0 Å². The lowest BCUT2D eigenvalue weighted by Crippen LogP contribution is -2.13. The van der Waals surface area contributed by atoms with E-state index in [2.05, 4.69) is 0 Å². The normalized spacial score (nSPS) is 12.1. The van der Waals surface area contributed by atoms with Crippen molar-refractivity contribution in [1.82, 2.24) is 0 Å². The van der Waals surface area contributed by atoms with E-state index in [1.165, 1.54) is 0 Å². The Morgan fingerprint density at radius 1 is 1.38 bits per heavy atom. The van der Waals surface area contributed by atoms with Crippen molar-refractivity contribution >= 4 is 16.2 Å². The number of carbonyl (C=O) groups is 1. The van der Waals surface area contributed by atoms with E-state index in [9.17, 15) is 4.79 Å². The van der Waals surface area contributed by atoms with Crippen LogP contribution in [0.4, 0.5) is 0 Å². The van der Waals surface area contributed by atoms with Gasteiger partial charge < -0.3 is 14.2 Å². The summed E-state index contributed by atoms with van der Waals surface area (Å²) in [6.07, 6.45) is 2.99. The van der Waals surface area contributed by atoms with E-state index in [-0.39, 0.29) is 12.3 Å². The number of carbonyl (C=O) groups excluding carboxylic acids is 1. The van der Waals surface area contributed by atoms with Gasteiger partial charge >= 0.3 is 5.97 Å². The van der Waals surface area contributed by atoms with Gasteiger partial charge in [-0.2, -0.15) is 0 Å². The van der Waals surface area contributed by atoms with Crippen LogP contribution in [0.3, 0.4) is 0 Å². The average Bonchev–Trinajstić information content (AvgIpc) is 2.30. The SMILES string of the molecule is COC(CC=C(C)C(=O)OCCC[SiH3])OC. The third-order valence-corrected chi connectivity index (χ3v) is 2.90. The summed E-state index contributed by atoms with van der Waals surface area (Å²) in [7, 11) is 4.30. The van der Waals surface area contributed by atoms with Crippen LogP contribution in [0.5, 0.6) is 0 Å². The fourth-order valence-electron chi connectivity index (χ4n) is 1.07. The molecule has 94 valence electrons. The summed E-state index contributed by atoms with van der Waals surface area (Å²) in [5.41, 5.74) is 0.604. The van der Waals surface area contributed by atoms with Gasteiger partial charge in [0.15, 0.2) is 6.29 Å². The van der Waals surface area contributed by atoms with Crippen LogP contribution in [0.2, 0.25) is 6.04 Å². The third kappa shape index (κ3) is 6.76. The Kier molecular flexibility index (Phi) is 9.17. The molecular weight excluding hydrogens is 224 g/mol. The Balaban J connectivity index is 3.95. The van der Waals surface area contributed by atoms with Crippen molar-refractivity contribution in [2.75, 3.05) is 20.8 Å². The van der Waals surface area contributed by atoms with E-state index >= 15 is 0 Å². The van der Waals surface area contributed by atoms with E-state index in [1.54, 1.807) is 27.2 Å². The van der Waals surface area contributed by atoms with Crippen molar-refractivity contribution in [3.05, 3.63) is 11.6 Å². The highest BCUT2D eigenvalue weighted by atomic mass is 28.1. The Morgan fingerprint density at radius 3 is 2.50 bits per heavy atom. The van der Waals surface area contributed by atoms with Gasteiger partial charge in [0.05, 0.1) is 6.61 Å². The summed E-state index contributed by atoms with van der Waals surface area (Å²) >= 11 is 0. The molecule has 0 amide bonds. The summed E-state index contributed by atoms with van der Waals surface area (Å²) in [6, 6.07) is 1.16. The van der Waals surface area contributed by atoms with Crippen LogP contribution in [-0.4, -0.2) is 43.3 Å². The van der Waals surface area contributed by atoms with Crippen LogP contribution < -0.4 is 0 Å². The number of rotatable bonds is 8. The number of esters is 1. The number of methoxy groups -OCH3 is 2. The van der Waals surface area contributed by atoms with E-state index in [1.807, 2.05) is 0 Å². The second-order valence-electron chi connectivity index (χ2n) is 3.51. The van der Waals surface area contributed by atoms with Crippen LogP contribution >= 0.6 is 0 Å². The molecule has 4 nitrogen and oxygen atoms in total. The molecule has 0 aromatic heterocycles. The number of ether oxygens (including phenoxy) is 3. The Bertz CT molecular complexity index is 224. The molecule has 16 heavy (non-hydrogen) atoms. The van der Waals surface area contributed by atoms with Crippen LogP contribution in [0.1, 0.15) is 19.8 Å². The maximum Gasteiger partial charge on any atom is 0.333 e. The van der Waals surface area contributed by atoms with E-state index in [0.717, 1.165) is 22.7 Å².